The van der Waals surface area contributed by atoms with E-state index >= 15 is 0 Å². The molecule has 0 spiro atoms. The maximum absolute atomic E-state index is 14.5. The van der Waals surface area contributed by atoms with Crippen LogP contribution in [-0.4, -0.2) is 41.0 Å². The van der Waals surface area contributed by atoms with Crippen molar-refractivity contribution in [1.29, 1.82) is 0 Å². The Balaban J connectivity index is 1.58. The number of nitrogens with zero attached hydrogens (tertiary/aromatic N) is 2. The van der Waals surface area contributed by atoms with Crippen LogP contribution in [0.3, 0.4) is 0 Å². The average Bonchev–Trinajstić information content (AvgIpc) is 3.40. The number of anilines is 1. The van der Waals surface area contributed by atoms with Crippen LogP contribution < -0.4 is 5.32 Å². The van der Waals surface area contributed by atoms with Gasteiger partial charge in [-0.3, -0.25) is 14.7 Å². The van der Waals surface area contributed by atoms with Crippen molar-refractivity contribution in [2.75, 3.05) is 19.4 Å². The normalized spacial score (nSPS) is 11.2. The van der Waals surface area contributed by atoms with E-state index in [2.05, 4.69) is 15.5 Å². The molecule has 0 unspecified atom stereocenters. The third kappa shape index (κ3) is 4.27. The van der Waals surface area contributed by atoms with Gasteiger partial charge in [-0.15, -0.1) is 0 Å². The summed E-state index contributed by atoms with van der Waals surface area (Å²) in [7, 11) is 3.12. The van der Waals surface area contributed by atoms with Gasteiger partial charge in [0.1, 0.15) is 11.6 Å². The summed E-state index contributed by atoms with van der Waals surface area (Å²) >= 11 is 0. The second-order valence-corrected chi connectivity index (χ2v) is 7.19. The fourth-order valence-corrected chi connectivity index (χ4v) is 3.01. The molecule has 0 aliphatic carbocycles. The number of carbonyl (C=O) groups is 2. The lowest BCUT2D eigenvalue weighted by Gasteiger charge is -2.07. The highest BCUT2D eigenvalue weighted by Crippen LogP contribution is 2.26. The molecule has 0 bridgehead atoms. The minimum absolute atomic E-state index is 0.000810. The predicted molar refractivity (Wildman–Crippen MR) is 116 cm³/mol. The molecule has 0 saturated heterocycles. The fraction of sp³-hybridized carbons (Fsp3) is 0.0870. The van der Waals surface area contributed by atoms with E-state index in [4.69, 9.17) is 4.42 Å². The van der Waals surface area contributed by atoms with E-state index in [-0.39, 0.29) is 23.0 Å². The van der Waals surface area contributed by atoms with Gasteiger partial charge in [0.15, 0.2) is 11.5 Å². The predicted octanol–water partition coefficient (Wildman–Crippen LogP) is 4.56. The highest BCUT2D eigenvalue weighted by atomic mass is 19.1. The van der Waals surface area contributed by atoms with Crippen molar-refractivity contribution in [3.8, 4) is 0 Å². The lowest BCUT2D eigenvalue weighted by Crippen LogP contribution is -2.21. The number of benzene rings is 2. The molecule has 2 aromatic carbocycles. The molecule has 0 saturated carbocycles. The van der Waals surface area contributed by atoms with E-state index in [0.29, 0.717) is 16.6 Å². The van der Waals surface area contributed by atoms with Gasteiger partial charge in [-0.25, -0.2) is 8.78 Å². The van der Waals surface area contributed by atoms with E-state index in [1.807, 2.05) is 0 Å². The van der Waals surface area contributed by atoms with E-state index < -0.39 is 17.6 Å². The molecule has 162 valence electrons. The monoisotopic (exact) mass is 436 g/mol. The summed E-state index contributed by atoms with van der Waals surface area (Å²) in [4.78, 5) is 25.8. The van der Waals surface area contributed by atoms with Crippen LogP contribution in [0.1, 0.15) is 32.4 Å². The van der Waals surface area contributed by atoms with Crippen LogP contribution in [0.25, 0.3) is 23.1 Å². The summed E-state index contributed by atoms with van der Waals surface area (Å²) in [6.07, 6.45) is 3.43. The van der Waals surface area contributed by atoms with Crippen molar-refractivity contribution in [3.63, 3.8) is 0 Å². The Morgan fingerprint density at radius 2 is 1.75 bits per heavy atom. The first kappa shape index (κ1) is 21.0. The number of carbonyl (C=O) groups excluding carboxylic acids is 2. The molecule has 2 amide bonds. The maximum atomic E-state index is 14.5. The Morgan fingerprint density at radius 3 is 2.47 bits per heavy atom. The van der Waals surface area contributed by atoms with Crippen molar-refractivity contribution >= 4 is 40.6 Å². The summed E-state index contributed by atoms with van der Waals surface area (Å²) in [5.74, 6) is -2.23. The first-order valence-corrected chi connectivity index (χ1v) is 9.56. The van der Waals surface area contributed by atoms with Crippen molar-refractivity contribution in [2.45, 2.75) is 0 Å². The molecule has 0 aliphatic rings. The minimum atomic E-state index is -0.701. The third-order valence-electron chi connectivity index (χ3n) is 4.68. The lowest BCUT2D eigenvalue weighted by atomic mass is 10.1. The second kappa shape index (κ2) is 8.46. The highest BCUT2D eigenvalue weighted by molar-refractivity contribution is 6.04. The molecule has 9 heteroatoms. The molecule has 32 heavy (non-hydrogen) atoms. The van der Waals surface area contributed by atoms with Gasteiger partial charge in [-0.1, -0.05) is 18.2 Å². The number of nitrogens with one attached hydrogen (secondary N) is 2. The van der Waals surface area contributed by atoms with Gasteiger partial charge >= 0.3 is 0 Å². The third-order valence-corrected chi connectivity index (χ3v) is 4.68. The van der Waals surface area contributed by atoms with Gasteiger partial charge in [0.05, 0.1) is 16.9 Å². The molecular weight excluding hydrogens is 418 g/mol. The zero-order valence-corrected chi connectivity index (χ0v) is 17.1. The van der Waals surface area contributed by atoms with Gasteiger partial charge in [0.25, 0.3) is 11.8 Å². The van der Waals surface area contributed by atoms with Crippen LogP contribution in [0.2, 0.25) is 0 Å². The maximum Gasteiger partial charge on any atom is 0.291 e. The molecule has 2 N–H and O–H groups in total. The molecule has 0 atom stereocenters. The van der Waals surface area contributed by atoms with Crippen molar-refractivity contribution in [3.05, 3.63) is 82.9 Å². The molecule has 2 heterocycles. The van der Waals surface area contributed by atoms with Crippen LogP contribution in [0.5, 0.6) is 0 Å². The Bertz CT molecular complexity index is 1340. The van der Waals surface area contributed by atoms with Crippen molar-refractivity contribution in [2.24, 2.45) is 0 Å². The number of aromatic nitrogens is 2. The topological polar surface area (TPSA) is 91.2 Å². The largest absolute Gasteiger partial charge is 0.446 e. The zero-order valence-electron chi connectivity index (χ0n) is 17.1. The Hall–Kier alpha value is -4.27. The number of halogens is 2. The quantitative estimate of drug-likeness (QED) is 0.480. The summed E-state index contributed by atoms with van der Waals surface area (Å²) in [5.41, 5.74) is 1.64. The van der Waals surface area contributed by atoms with Crippen LogP contribution >= 0.6 is 0 Å². The van der Waals surface area contributed by atoms with Crippen molar-refractivity contribution < 1.29 is 22.8 Å². The van der Waals surface area contributed by atoms with Gasteiger partial charge < -0.3 is 14.6 Å². The van der Waals surface area contributed by atoms with E-state index in [0.717, 1.165) is 5.56 Å². The molecule has 0 fully saturated rings. The molecule has 2 aromatic heterocycles. The minimum Gasteiger partial charge on any atom is -0.446 e. The molecule has 7 nitrogen and oxygen atoms in total. The Kier molecular flexibility index (Phi) is 5.55. The van der Waals surface area contributed by atoms with Gasteiger partial charge in [-0.2, -0.15) is 5.10 Å². The number of amides is 2. The highest BCUT2D eigenvalue weighted by Gasteiger charge is 2.19. The average molecular weight is 436 g/mol. The van der Waals surface area contributed by atoms with Gasteiger partial charge in [0, 0.05) is 25.5 Å². The Morgan fingerprint density at radius 1 is 1.03 bits per heavy atom. The lowest BCUT2D eigenvalue weighted by molar-refractivity contribution is 0.0793. The van der Waals surface area contributed by atoms with Gasteiger partial charge in [-0.05, 0) is 42.0 Å². The number of rotatable bonds is 5. The molecule has 0 aliphatic heterocycles. The van der Waals surface area contributed by atoms with E-state index in [1.165, 1.54) is 41.3 Å². The summed E-state index contributed by atoms with van der Waals surface area (Å²) < 4.78 is 32.9. The van der Waals surface area contributed by atoms with Crippen LogP contribution in [0.4, 0.5) is 14.5 Å². The molecule has 4 aromatic rings. The van der Waals surface area contributed by atoms with Crippen molar-refractivity contribution in [1.82, 2.24) is 15.1 Å². The first-order chi connectivity index (χ1) is 15.3. The summed E-state index contributed by atoms with van der Waals surface area (Å²) in [6, 6.07) is 11.3. The number of furan rings is 1. The number of H-pyrrole nitrogens is 1. The van der Waals surface area contributed by atoms with Gasteiger partial charge in [0.2, 0.25) is 0 Å². The second-order valence-electron chi connectivity index (χ2n) is 7.19. The standard InChI is InChI=1S/C23H18F2N4O3/c1-29(2)23(31)21-10-9-20(32-21)22(30)26-19-11-15-17(27-28-18(15)12-16(19)25)8-5-13-3-6-14(24)7-4-13/h3-12H,1-2H3,(H,26,30)(H,27,28). The van der Waals surface area contributed by atoms with E-state index in [1.54, 1.807) is 38.4 Å². The number of hydrogen-bond acceptors (Lipinski definition) is 4. The molecular formula is C23H18F2N4O3. The smallest absolute Gasteiger partial charge is 0.291 e. The first-order valence-electron chi connectivity index (χ1n) is 9.56. The Labute approximate surface area is 181 Å². The number of hydrogen-bond donors (Lipinski definition) is 2. The molecule has 4 rings (SSSR count). The summed E-state index contributed by atoms with van der Waals surface area (Å²) in [6.45, 7) is 0. The van der Waals surface area contributed by atoms with Crippen LogP contribution in [0, 0.1) is 11.6 Å². The SMILES string of the molecule is CN(C)C(=O)c1ccc(C(=O)Nc2cc3c(C=Cc4ccc(F)cc4)n[nH]c3cc2F)o1. The van der Waals surface area contributed by atoms with E-state index in [9.17, 15) is 18.4 Å². The summed E-state index contributed by atoms with van der Waals surface area (Å²) in [5, 5.41) is 9.93. The van der Waals surface area contributed by atoms with Crippen LogP contribution in [-0.2, 0) is 0 Å². The van der Waals surface area contributed by atoms with Crippen LogP contribution in [0.15, 0.2) is 52.9 Å². The number of aromatic amines is 1. The number of fused-ring (bicyclic) bond motifs is 1. The fourth-order valence-electron chi connectivity index (χ4n) is 3.01. The molecule has 0 radical (unpaired) electrons. The zero-order chi connectivity index (χ0) is 22.8.